The van der Waals surface area contributed by atoms with Gasteiger partial charge in [-0.05, 0) is 19.4 Å². The molecule has 0 saturated heterocycles. The Balaban J connectivity index is 3.46. The van der Waals surface area contributed by atoms with Crippen molar-refractivity contribution in [1.82, 2.24) is 0 Å². The molecule has 0 unspecified atom stereocenters. The maximum absolute atomic E-state index is 10.7. The minimum absolute atomic E-state index is 0.278. The molecule has 0 spiro atoms. The number of carbonyl (C=O) groups is 2. The summed E-state index contributed by atoms with van der Waals surface area (Å²) in [5.74, 6) is -1.81. The fourth-order valence-corrected chi connectivity index (χ4v) is 0.607. The van der Waals surface area contributed by atoms with E-state index in [1.807, 2.05) is 0 Å². The highest BCUT2D eigenvalue weighted by Gasteiger charge is 1.97. The number of carboxylic acids is 1. The summed E-state index contributed by atoms with van der Waals surface area (Å²) in [5, 5.41) is 8.16. The van der Waals surface area contributed by atoms with Crippen molar-refractivity contribution in [3.05, 3.63) is 12.2 Å². The summed E-state index contributed by atoms with van der Waals surface area (Å²) in [6.07, 6.45) is 3.11. The van der Waals surface area contributed by atoms with Crippen molar-refractivity contribution in [3.8, 4) is 0 Å². The number of unbranched alkanes of at least 4 members (excludes halogenated alkanes) is 1. The number of carbonyl (C=O) groups excluding carboxylic acids is 1. The van der Waals surface area contributed by atoms with Crippen LogP contribution in [0, 0.1) is 0 Å². The van der Waals surface area contributed by atoms with Gasteiger partial charge in [0.05, 0.1) is 6.61 Å². The minimum Gasteiger partial charge on any atom is -0.478 e. The largest absolute Gasteiger partial charge is 0.478 e. The van der Waals surface area contributed by atoms with E-state index < -0.39 is 11.9 Å². The second kappa shape index (κ2) is 7.30. The third kappa shape index (κ3) is 8.55. The Morgan fingerprint density at radius 1 is 1.31 bits per heavy atom. The number of rotatable bonds is 6. The van der Waals surface area contributed by atoms with Gasteiger partial charge < -0.3 is 15.6 Å². The van der Waals surface area contributed by atoms with Crippen molar-refractivity contribution in [2.24, 2.45) is 5.73 Å². The molecule has 0 saturated carbocycles. The van der Waals surface area contributed by atoms with Crippen molar-refractivity contribution in [3.63, 3.8) is 0 Å². The van der Waals surface area contributed by atoms with Gasteiger partial charge in [-0.2, -0.15) is 0 Å². The molecular formula is C8H13NO4. The normalized spacial score (nSPS) is 10.2. The van der Waals surface area contributed by atoms with Gasteiger partial charge in [0.25, 0.3) is 0 Å². The van der Waals surface area contributed by atoms with Crippen molar-refractivity contribution >= 4 is 11.9 Å². The summed E-state index contributed by atoms with van der Waals surface area (Å²) in [4.78, 5) is 20.7. The van der Waals surface area contributed by atoms with E-state index in [1.54, 1.807) is 0 Å². The van der Waals surface area contributed by atoms with Gasteiger partial charge in [0.2, 0.25) is 0 Å². The van der Waals surface area contributed by atoms with Crippen LogP contribution in [-0.2, 0) is 14.3 Å². The summed E-state index contributed by atoms with van der Waals surface area (Å²) >= 11 is 0. The van der Waals surface area contributed by atoms with Gasteiger partial charge in [0.1, 0.15) is 0 Å². The Bertz CT molecular complexity index is 200. The number of nitrogens with two attached hydrogens (primary N) is 1. The monoisotopic (exact) mass is 187 g/mol. The molecule has 5 nitrogen and oxygen atoms in total. The lowest BCUT2D eigenvalue weighted by Gasteiger charge is -1.99. The molecule has 0 radical (unpaired) electrons. The van der Waals surface area contributed by atoms with Gasteiger partial charge in [-0.1, -0.05) is 0 Å². The Morgan fingerprint density at radius 2 is 2.00 bits per heavy atom. The predicted molar refractivity (Wildman–Crippen MR) is 46.0 cm³/mol. The fraction of sp³-hybridized carbons (Fsp3) is 0.500. The van der Waals surface area contributed by atoms with Gasteiger partial charge in [-0.15, -0.1) is 0 Å². The van der Waals surface area contributed by atoms with Crippen LogP contribution in [0.1, 0.15) is 12.8 Å². The molecule has 0 bridgehead atoms. The fourth-order valence-electron chi connectivity index (χ4n) is 0.607. The van der Waals surface area contributed by atoms with Crippen LogP contribution in [0.5, 0.6) is 0 Å². The first-order valence-electron chi connectivity index (χ1n) is 3.94. The summed E-state index contributed by atoms with van der Waals surface area (Å²) in [7, 11) is 0. The lowest BCUT2D eigenvalue weighted by atomic mass is 10.3. The summed E-state index contributed by atoms with van der Waals surface area (Å²) in [6, 6.07) is 0. The average molecular weight is 187 g/mol. The Morgan fingerprint density at radius 3 is 2.54 bits per heavy atom. The van der Waals surface area contributed by atoms with Crippen LogP contribution < -0.4 is 5.73 Å². The molecule has 0 aliphatic heterocycles. The highest BCUT2D eigenvalue weighted by Crippen LogP contribution is 1.89. The molecule has 0 rings (SSSR count). The first-order valence-corrected chi connectivity index (χ1v) is 3.94. The van der Waals surface area contributed by atoms with E-state index in [0.717, 1.165) is 18.6 Å². The van der Waals surface area contributed by atoms with Gasteiger partial charge in [-0.25, -0.2) is 9.59 Å². The Hall–Kier alpha value is -1.36. The predicted octanol–water partition coefficient (Wildman–Crippen LogP) is -0.0907. The highest BCUT2D eigenvalue weighted by atomic mass is 16.5. The molecule has 13 heavy (non-hydrogen) atoms. The average Bonchev–Trinajstić information content (AvgIpc) is 2.09. The van der Waals surface area contributed by atoms with E-state index in [9.17, 15) is 9.59 Å². The zero-order valence-electron chi connectivity index (χ0n) is 7.23. The van der Waals surface area contributed by atoms with Crippen LogP contribution in [0.3, 0.4) is 0 Å². The number of esters is 1. The summed E-state index contributed by atoms with van der Waals surface area (Å²) in [6.45, 7) is 0.836. The summed E-state index contributed by atoms with van der Waals surface area (Å²) in [5.41, 5.74) is 5.21. The van der Waals surface area contributed by atoms with E-state index >= 15 is 0 Å². The van der Waals surface area contributed by atoms with Crippen LogP contribution in [-0.4, -0.2) is 30.2 Å². The third-order valence-electron chi connectivity index (χ3n) is 1.20. The van der Waals surface area contributed by atoms with Crippen molar-refractivity contribution in [2.45, 2.75) is 12.8 Å². The zero-order valence-corrected chi connectivity index (χ0v) is 7.23. The number of hydrogen-bond acceptors (Lipinski definition) is 4. The van der Waals surface area contributed by atoms with Crippen LogP contribution in [0.15, 0.2) is 12.2 Å². The van der Waals surface area contributed by atoms with E-state index in [4.69, 9.17) is 10.8 Å². The quantitative estimate of drug-likeness (QED) is 0.344. The van der Waals surface area contributed by atoms with Crippen LogP contribution in [0.25, 0.3) is 0 Å². The number of ether oxygens (including phenoxy) is 1. The second-order valence-corrected chi connectivity index (χ2v) is 2.33. The third-order valence-corrected chi connectivity index (χ3v) is 1.20. The maximum atomic E-state index is 10.7. The first kappa shape index (κ1) is 11.6. The molecule has 0 atom stereocenters. The maximum Gasteiger partial charge on any atom is 0.331 e. The van der Waals surface area contributed by atoms with Crippen LogP contribution in [0.2, 0.25) is 0 Å². The summed E-state index contributed by atoms with van der Waals surface area (Å²) < 4.78 is 4.65. The molecule has 0 amide bonds. The second-order valence-electron chi connectivity index (χ2n) is 2.33. The van der Waals surface area contributed by atoms with Gasteiger partial charge in [0, 0.05) is 12.2 Å². The lowest BCUT2D eigenvalue weighted by Crippen LogP contribution is -2.06. The standard InChI is InChI=1S/C8H13NO4/c9-5-1-2-6-13-8(12)4-3-7(10)11/h3-4H,1-2,5-6,9H2,(H,10,11)/b4-3+. The van der Waals surface area contributed by atoms with Gasteiger partial charge >= 0.3 is 11.9 Å². The van der Waals surface area contributed by atoms with Crippen molar-refractivity contribution < 1.29 is 19.4 Å². The number of hydrogen-bond donors (Lipinski definition) is 2. The first-order chi connectivity index (χ1) is 6.16. The molecule has 0 aromatic carbocycles. The van der Waals surface area contributed by atoms with E-state index in [0.29, 0.717) is 13.0 Å². The molecule has 0 aliphatic rings. The molecule has 0 aliphatic carbocycles. The molecular weight excluding hydrogens is 174 g/mol. The lowest BCUT2D eigenvalue weighted by molar-refractivity contribution is -0.138. The molecule has 3 N–H and O–H groups in total. The van der Waals surface area contributed by atoms with Crippen molar-refractivity contribution in [2.75, 3.05) is 13.2 Å². The van der Waals surface area contributed by atoms with Crippen LogP contribution >= 0.6 is 0 Å². The SMILES string of the molecule is NCCCCOC(=O)/C=C/C(=O)O. The number of carboxylic acid groups (broad SMARTS) is 1. The van der Waals surface area contributed by atoms with Gasteiger partial charge in [-0.3, -0.25) is 0 Å². The highest BCUT2D eigenvalue weighted by molar-refractivity contribution is 5.90. The molecule has 0 heterocycles. The van der Waals surface area contributed by atoms with E-state index in [1.165, 1.54) is 0 Å². The molecule has 74 valence electrons. The van der Waals surface area contributed by atoms with Crippen molar-refractivity contribution in [1.29, 1.82) is 0 Å². The minimum atomic E-state index is -1.17. The van der Waals surface area contributed by atoms with E-state index in [2.05, 4.69) is 4.74 Å². The molecule has 5 heteroatoms. The number of aliphatic carboxylic acids is 1. The Kier molecular flexibility index (Phi) is 6.53. The van der Waals surface area contributed by atoms with E-state index in [-0.39, 0.29) is 6.61 Å². The topological polar surface area (TPSA) is 89.6 Å². The van der Waals surface area contributed by atoms with Crippen LogP contribution in [0.4, 0.5) is 0 Å². The molecule has 0 aromatic heterocycles. The Labute approximate surface area is 76.2 Å². The molecule has 0 aromatic rings. The zero-order chi connectivity index (χ0) is 10.1. The molecule has 0 fully saturated rings. The van der Waals surface area contributed by atoms with Gasteiger partial charge in [0.15, 0.2) is 0 Å². The smallest absolute Gasteiger partial charge is 0.331 e.